The van der Waals surface area contributed by atoms with Gasteiger partial charge in [-0.2, -0.15) is 0 Å². The predicted molar refractivity (Wildman–Crippen MR) is 213 cm³/mol. The summed E-state index contributed by atoms with van der Waals surface area (Å²) >= 11 is 0. The number of hydrogen-bond donors (Lipinski definition) is 2. The minimum absolute atomic E-state index is 0.0964. The standard InChI is InChI=1S/C38H48FN5O5.C4H4O4/c1-5-49-24-23-44-32-10-7-6-9-31(32)40-37(44)42-18-8-17-41(21-22-42)19-15-38(29-11-13-30(39)14-12-29)16-20-43(27-38)36(45)28-25-33(46-2)35(48-4)34(26-28)47-3;5-3(6)1-2-4(7)8/h6-7,9-14,25-26H,5,8,15-24,27H2,1-4H3;1-2H,(H,5,6)(H,7,8)/b;2-1-. The SMILES string of the molecule is CCOCCn1c(N2CCCN(CCC3(c4ccc(F)cc4)CCN(C(=O)c4cc(OC)c(OC)c(OC)c4)C3)CC2)nc2ccccc21.O=C(O)/C=C\C(=O)O. The Labute approximate surface area is 332 Å². The number of fused-ring (bicyclic) bond motifs is 1. The van der Waals surface area contributed by atoms with E-state index < -0.39 is 11.9 Å². The van der Waals surface area contributed by atoms with E-state index in [1.165, 1.54) is 12.1 Å². The number of halogens is 1. The van der Waals surface area contributed by atoms with Gasteiger partial charge in [0.2, 0.25) is 11.7 Å². The topological polar surface area (TPSA) is 156 Å². The van der Waals surface area contributed by atoms with E-state index in [9.17, 15) is 18.8 Å². The molecule has 3 aromatic carbocycles. The molecule has 0 radical (unpaired) electrons. The molecule has 1 aromatic heterocycles. The lowest BCUT2D eigenvalue weighted by molar-refractivity contribution is -0.134. The number of benzene rings is 3. The second kappa shape index (κ2) is 20.0. The maximum absolute atomic E-state index is 14.1. The van der Waals surface area contributed by atoms with Crippen molar-refractivity contribution < 1.29 is 47.9 Å². The summed E-state index contributed by atoms with van der Waals surface area (Å²) in [6.07, 6.45) is 3.78. The summed E-state index contributed by atoms with van der Waals surface area (Å²) in [5, 5.41) is 15.6. The Balaban J connectivity index is 0.000000701. The number of hydrogen-bond acceptors (Lipinski definition) is 10. The summed E-state index contributed by atoms with van der Waals surface area (Å²) in [6, 6.07) is 18.6. The quantitative estimate of drug-likeness (QED) is 0.118. The highest BCUT2D eigenvalue weighted by Crippen LogP contribution is 2.41. The summed E-state index contributed by atoms with van der Waals surface area (Å²) in [6.45, 7) is 9.80. The highest BCUT2D eigenvalue weighted by atomic mass is 19.1. The maximum Gasteiger partial charge on any atom is 0.328 e. The molecule has 0 aliphatic carbocycles. The summed E-state index contributed by atoms with van der Waals surface area (Å²) in [5.74, 6) is -0.545. The van der Waals surface area contributed by atoms with Crippen LogP contribution >= 0.6 is 0 Å². The first-order valence-electron chi connectivity index (χ1n) is 19.0. The van der Waals surface area contributed by atoms with Crippen molar-refractivity contribution in [3.63, 3.8) is 0 Å². The fraction of sp³-hybridized carbons (Fsp3) is 0.429. The van der Waals surface area contributed by atoms with Gasteiger partial charge in [0.1, 0.15) is 5.82 Å². The van der Waals surface area contributed by atoms with Crippen LogP contribution in [0.1, 0.15) is 42.1 Å². The predicted octanol–water partition coefficient (Wildman–Crippen LogP) is 5.34. The van der Waals surface area contributed by atoms with Crippen molar-refractivity contribution in [2.24, 2.45) is 0 Å². The number of amides is 1. The van der Waals surface area contributed by atoms with Crippen LogP contribution in [0.3, 0.4) is 0 Å². The van der Waals surface area contributed by atoms with E-state index >= 15 is 0 Å². The van der Waals surface area contributed by atoms with Crippen LogP contribution in [0.2, 0.25) is 0 Å². The highest BCUT2D eigenvalue weighted by Gasteiger charge is 2.42. The van der Waals surface area contributed by atoms with Gasteiger partial charge < -0.3 is 48.4 Å². The highest BCUT2D eigenvalue weighted by molar-refractivity contribution is 5.96. The molecule has 1 atom stereocenters. The largest absolute Gasteiger partial charge is 0.493 e. The molecule has 2 fully saturated rings. The molecule has 2 saturated heterocycles. The van der Waals surface area contributed by atoms with E-state index in [-0.39, 0.29) is 17.1 Å². The number of rotatable bonds is 15. The average molecular weight is 790 g/mol. The van der Waals surface area contributed by atoms with E-state index in [0.717, 1.165) is 81.1 Å². The second-order valence-electron chi connectivity index (χ2n) is 13.9. The van der Waals surface area contributed by atoms with Crippen LogP contribution in [0.5, 0.6) is 17.2 Å². The molecule has 0 spiro atoms. The summed E-state index contributed by atoms with van der Waals surface area (Å²) in [5.41, 5.74) is 3.37. The average Bonchev–Trinajstić information content (AvgIpc) is 3.73. The normalized spacial score (nSPS) is 17.3. The number of anilines is 1. The van der Waals surface area contributed by atoms with Gasteiger partial charge in [0.25, 0.3) is 5.91 Å². The fourth-order valence-electron chi connectivity index (χ4n) is 7.55. The number of carboxylic acid groups (broad SMARTS) is 2. The smallest absolute Gasteiger partial charge is 0.328 e. The van der Waals surface area contributed by atoms with Gasteiger partial charge in [-0.25, -0.2) is 19.0 Å². The van der Waals surface area contributed by atoms with Crippen LogP contribution in [0.25, 0.3) is 11.0 Å². The lowest BCUT2D eigenvalue weighted by Gasteiger charge is -2.33. The molecule has 2 aliphatic heterocycles. The molecule has 14 nitrogen and oxygen atoms in total. The van der Waals surface area contributed by atoms with E-state index in [1.54, 1.807) is 33.5 Å². The molecule has 6 rings (SSSR count). The summed E-state index contributed by atoms with van der Waals surface area (Å²) in [7, 11) is 4.63. The molecular weight excluding hydrogens is 737 g/mol. The third-order valence-corrected chi connectivity index (χ3v) is 10.5. The molecule has 0 saturated carbocycles. The lowest BCUT2D eigenvalue weighted by Crippen LogP contribution is -2.39. The molecule has 306 valence electrons. The second-order valence-corrected chi connectivity index (χ2v) is 13.9. The van der Waals surface area contributed by atoms with Gasteiger partial charge in [-0.3, -0.25) is 4.79 Å². The lowest BCUT2D eigenvalue weighted by atomic mass is 9.76. The molecule has 4 aromatic rings. The zero-order valence-corrected chi connectivity index (χ0v) is 33.0. The molecule has 2 aliphatic rings. The number of carbonyl (C=O) groups is 3. The number of aromatic nitrogens is 2. The van der Waals surface area contributed by atoms with Gasteiger partial charge in [0.05, 0.1) is 39.0 Å². The first-order chi connectivity index (χ1) is 27.5. The van der Waals surface area contributed by atoms with Crippen molar-refractivity contribution in [1.82, 2.24) is 19.4 Å². The van der Waals surface area contributed by atoms with Crippen molar-refractivity contribution in [2.75, 3.05) is 85.3 Å². The van der Waals surface area contributed by atoms with Crippen molar-refractivity contribution in [2.45, 2.75) is 38.1 Å². The molecule has 0 bridgehead atoms. The van der Waals surface area contributed by atoms with Crippen molar-refractivity contribution >= 4 is 34.8 Å². The van der Waals surface area contributed by atoms with E-state index in [4.69, 9.17) is 34.1 Å². The van der Waals surface area contributed by atoms with Crippen molar-refractivity contribution in [3.8, 4) is 17.2 Å². The van der Waals surface area contributed by atoms with Crippen LogP contribution in [0.15, 0.2) is 72.8 Å². The van der Waals surface area contributed by atoms with Gasteiger partial charge in [-0.1, -0.05) is 24.3 Å². The van der Waals surface area contributed by atoms with Crippen LogP contribution in [-0.2, 0) is 26.3 Å². The number of carboxylic acids is 2. The van der Waals surface area contributed by atoms with Crippen molar-refractivity contribution in [1.29, 1.82) is 0 Å². The molecule has 1 unspecified atom stereocenters. The molecule has 3 heterocycles. The summed E-state index contributed by atoms with van der Waals surface area (Å²) < 4.78 is 38.6. The number of likely N-dealkylation sites (tertiary alicyclic amines) is 1. The maximum atomic E-state index is 14.1. The Hall–Kier alpha value is -5.67. The Morgan fingerprint density at radius 1 is 0.860 bits per heavy atom. The Kier molecular flexibility index (Phi) is 14.9. The van der Waals surface area contributed by atoms with E-state index in [2.05, 4.69) is 32.6 Å². The van der Waals surface area contributed by atoms with Crippen LogP contribution in [0.4, 0.5) is 10.3 Å². The van der Waals surface area contributed by atoms with Gasteiger partial charge in [0.15, 0.2) is 11.5 Å². The summed E-state index contributed by atoms with van der Waals surface area (Å²) in [4.78, 5) is 44.9. The van der Waals surface area contributed by atoms with Crippen LogP contribution in [0, 0.1) is 5.82 Å². The molecule has 15 heteroatoms. The van der Waals surface area contributed by atoms with Crippen LogP contribution < -0.4 is 19.1 Å². The van der Waals surface area contributed by atoms with Gasteiger partial charge in [0, 0.05) is 69.0 Å². The number of ether oxygens (including phenoxy) is 4. The third-order valence-electron chi connectivity index (χ3n) is 10.5. The third kappa shape index (κ3) is 10.6. The van der Waals surface area contributed by atoms with E-state index in [0.29, 0.717) is 61.3 Å². The zero-order valence-electron chi connectivity index (χ0n) is 33.0. The minimum Gasteiger partial charge on any atom is -0.493 e. The monoisotopic (exact) mass is 789 g/mol. The minimum atomic E-state index is -1.26. The van der Waals surface area contributed by atoms with Gasteiger partial charge >= 0.3 is 11.9 Å². The van der Waals surface area contributed by atoms with Crippen molar-refractivity contribution in [3.05, 3.63) is 89.8 Å². The molecule has 57 heavy (non-hydrogen) atoms. The molecule has 2 N–H and O–H groups in total. The first kappa shape index (κ1) is 42.5. The first-order valence-corrected chi connectivity index (χ1v) is 19.0. The zero-order chi connectivity index (χ0) is 41.0. The Bertz CT molecular complexity index is 1980. The number of aliphatic carboxylic acids is 2. The Morgan fingerprint density at radius 2 is 1.54 bits per heavy atom. The number of methoxy groups -OCH3 is 3. The van der Waals surface area contributed by atoms with Gasteiger partial charge in [-0.05, 0) is 81.2 Å². The molecule has 1 amide bonds. The number of carbonyl (C=O) groups excluding carboxylic acids is 1. The van der Waals surface area contributed by atoms with Gasteiger partial charge in [-0.15, -0.1) is 0 Å². The van der Waals surface area contributed by atoms with E-state index in [1.807, 2.05) is 30.0 Å². The number of para-hydroxylation sites is 2. The fourth-order valence-corrected chi connectivity index (χ4v) is 7.55. The molecular formula is C42H52FN5O9. The number of nitrogens with zero attached hydrogens (tertiary/aromatic N) is 5. The van der Waals surface area contributed by atoms with Crippen LogP contribution in [-0.4, -0.2) is 128 Å². The Morgan fingerprint density at radius 3 is 2.18 bits per heavy atom. The number of imidazole rings is 1.